The van der Waals surface area contributed by atoms with Crippen LogP contribution in [0.15, 0.2) is 43.7 Å². The van der Waals surface area contributed by atoms with Crippen LogP contribution in [0, 0.1) is 5.82 Å². The number of benzene rings is 2. The van der Waals surface area contributed by atoms with Crippen molar-refractivity contribution in [2.45, 2.75) is 6.54 Å². The molecule has 1 nitrogen and oxygen atoms in total. The highest BCUT2D eigenvalue weighted by Gasteiger charge is 2.09. The van der Waals surface area contributed by atoms with Gasteiger partial charge in [0.1, 0.15) is 5.82 Å². The highest BCUT2D eigenvalue weighted by molar-refractivity contribution is 9.11. The second-order valence-corrected chi connectivity index (χ2v) is 6.84. The molecule has 0 radical (unpaired) electrons. The van der Waals surface area contributed by atoms with Crippen LogP contribution < -0.4 is 5.32 Å². The fourth-order valence-corrected chi connectivity index (χ4v) is 4.31. The maximum absolute atomic E-state index is 13.8. The van der Waals surface area contributed by atoms with E-state index in [2.05, 4.69) is 53.1 Å². The van der Waals surface area contributed by atoms with Crippen molar-refractivity contribution in [2.75, 3.05) is 5.32 Å². The zero-order valence-corrected chi connectivity index (χ0v) is 15.0. The molecular weight excluding hydrogens is 464 g/mol. The van der Waals surface area contributed by atoms with Crippen molar-refractivity contribution in [2.24, 2.45) is 0 Å². The van der Waals surface area contributed by atoms with E-state index in [1.165, 1.54) is 6.07 Å². The highest BCUT2D eigenvalue weighted by atomic mass is 79.9. The maximum atomic E-state index is 13.8. The molecule has 0 aromatic heterocycles. The Kier molecular flexibility index (Phi) is 5.29. The Labute approximate surface area is 140 Å². The molecule has 6 heteroatoms. The zero-order valence-electron chi connectivity index (χ0n) is 9.48. The van der Waals surface area contributed by atoms with Gasteiger partial charge in [-0.25, -0.2) is 4.39 Å². The molecule has 0 atom stereocenters. The van der Waals surface area contributed by atoms with E-state index in [4.69, 9.17) is 11.6 Å². The smallest absolute Gasteiger partial charge is 0.146 e. The number of rotatable bonds is 3. The first-order valence-electron chi connectivity index (χ1n) is 5.30. The van der Waals surface area contributed by atoms with Crippen LogP contribution in [-0.4, -0.2) is 0 Å². The summed E-state index contributed by atoms with van der Waals surface area (Å²) in [6, 6.07) is 8.80. The second kappa shape index (κ2) is 6.57. The Hall–Kier alpha value is -0.100. The van der Waals surface area contributed by atoms with Crippen molar-refractivity contribution in [1.82, 2.24) is 0 Å². The monoisotopic (exact) mass is 469 g/mol. The molecule has 0 fully saturated rings. The van der Waals surface area contributed by atoms with Crippen molar-refractivity contribution in [3.63, 3.8) is 0 Å². The minimum Gasteiger partial charge on any atom is -0.379 e. The van der Waals surface area contributed by atoms with Gasteiger partial charge in [0.2, 0.25) is 0 Å². The van der Waals surface area contributed by atoms with Crippen LogP contribution in [0.2, 0.25) is 5.02 Å². The molecule has 0 aliphatic heterocycles. The number of nitrogens with one attached hydrogen (secondary N) is 1. The Morgan fingerprint density at radius 1 is 1.11 bits per heavy atom. The lowest BCUT2D eigenvalue weighted by atomic mass is 10.2. The Balaban J connectivity index is 2.22. The van der Waals surface area contributed by atoms with E-state index in [-0.39, 0.29) is 10.8 Å². The lowest BCUT2D eigenvalue weighted by Gasteiger charge is -2.12. The predicted molar refractivity (Wildman–Crippen MR) is 88.3 cm³/mol. The molecule has 0 saturated carbocycles. The average Bonchev–Trinajstić information content (AvgIpc) is 2.33. The number of anilines is 1. The van der Waals surface area contributed by atoms with Crippen molar-refractivity contribution < 1.29 is 4.39 Å². The molecule has 2 rings (SSSR count). The van der Waals surface area contributed by atoms with Gasteiger partial charge >= 0.3 is 0 Å². The fourth-order valence-electron chi connectivity index (χ4n) is 1.58. The fraction of sp³-hybridized carbons (Fsp3) is 0.0769. The Morgan fingerprint density at radius 3 is 2.37 bits per heavy atom. The molecule has 0 saturated heterocycles. The predicted octanol–water partition coefficient (Wildman–Crippen LogP) is 6.38. The van der Waals surface area contributed by atoms with Crippen molar-refractivity contribution in [1.29, 1.82) is 0 Å². The molecule has 0 bridgehead atoms. The van der Waals surface area contributed by atoms with Crippen LogP contribution in [0.4, 0.5) is 10.1 Å². The lowest BCUT2D eigenvalue weighted by Crippen LogP contribution is -2.03. The van der Waals surface area contributed by atoms with Gasteiger partial charge in [-0.15, -0.1) is 0 Å². The molecule has 1 N–H and O–H groups in total. The van der Waals surface area contributed by atoms with Crippen LogP contribution >= 0.6 is 59.4 Å². The van der Waals surface area contributed by atoms with E-state index in [1.54, 1.807) is 12.1 Å². The highest BCUT2D eigenvalue weighted by Crippen LogP contribution is 2.34. The molecule has 0 spiro atoms. The van der Waals surface area contributed by atoms with E-state index >= 15 is 0 Å². The molecule has 0 heterocycles. The summed E-state index contributed by atoms with van der Waals surface area (Å²) in [4.78, 5) is 0. The minimum atomic E-state index is -0.388. The third-order valence-electron chi connectivity index (χ3n) is 2.49. The second-order valence-electron chi connectivity index (χ2n) is 3.81. The molecule has 0 aliphatic carbocycles. The Bertz CT molecular complexity index is 596. The van der Waals surface area contributed by atoms with E-state index in [9.17, 15) is 4.39 Å². The van der Waals surface area contributed by atoms with E-state index in [1.807, 2.05) is 12.1 Å². The molecule has 0 aliphatic rings. The first-order chi connectivity index (χ1) is 8.99. The molecule has 2 aromatic carbocycles. The lowest BCUT2D eigenvalue weighted by molar-refractivity contribution is 0.613. The Morgan fingerprint density at radius 2 is 1.74 bits per heavy atom. The molecule has 100 valence electrons. The van der Waals surface area contributed by atoms with Crippen molar-refractivity contribution in [3.8, 4) is 0 Å². The van der Waals surface area contributed by atoms with Gasteiger partial charge in [0.05, 0.1) is 10.7 Å². The quantitative estimate of drug-likeness (QED) is 0.547. The standard InChI is InChI=1S/C13H8Br3ClFN/c14-8-4-9(15)13(10(16)5-8)19-6-7-2-1-3-11(17)12(7)18/h1-5,19H,6H2. The van der Waals surface area contributed by atoms with Crippen LogP contribution in [-0.2, 0) is 6.54 Å². The van der Waals surface area contributed by atoms with Gasteiger partial charge in [-0.05, 0) is 50.1 Å². The normalized spacial score (nSPS) is 10.6. The number of hydrogen-bond donors (Lipinski definition) is 1. The van der Waals surface area contributed by atoms with Gasteiger partial charge in [-0.1, -0.05) is 39.7 Å². The first-order valence-corrected chi connectivity index (χ1v) is 8.06. The van der Waals surface area contributed by atoms with Crippen LogP contribution in [0.5, 0.6) is 0 Å². The summed E-state index contributed by atoms with van der Waals surface area (Å²) in [6.07, 6.45) is 0. The van der Waals surface area contributed by atoms with Gasteiger partial charge in [0, 0.05) is 25.5 Å². The summed E-state index contributed by atoms with van der Waals surface area (Å²) in [5, 5.41) is 3.31. The first kappa shape index (κ1) is 15.3. The van der Waals surface area contributed by atoms with E-state index in [0.717, 1.165) is 19.1 Å². The van der Waals surface area contributed by atoms with Gasteiger partial charge in [0.15, 0.2) is 0 Å². The topological polar surface area (TPSA) is 12.0 Å². The SMILES string of the molecule is Fc1c(Cl)cccc1CNc1c(Br)cc(Br)cc1Br. The minimum absolute atomic E-state index is 0.133. The van der Waals surface area contributed by atoms with E-state index in [0.29, 0.717) is 12.1 Å². The van der Waals surface area contributed by atoms with Crippen molar-refractivity contribution >= 4 is 65.1 Å². The summed E-state index contributed by atoms with van der Waals surface area (Å²) in [7, 11) is 0. The summed E-state index contributed by atoms with van der Waals surface area (Å²) in [5.74, 6) is -0.388. The summed E-state index contributed by atoms with van der Waals surface area (Å²) in [5.41, 5.74) is 1.39. The molecule has 19 heavy (non-hydrogen) atoms. The maximum Gasteiger partial charge on any atom is 0.146 e. The summed E-state index contributed by atoms with van der Waals surface area (Å²) < 4.78 is 16.5. The molecular formula is C13H8Br3ClFN. The molecule has 0 unspecified atom stereocenters. The average molecular weight is 472 g/mol. The number of hydrogen-bond acceptors (Lipinski definition) is 1. The third kappa shape index (κ3) is 3.72. The largest absolute Gasteiger partial charge is 0.379 e. The van der Waals surface area contributed by atoms with Crippen LogP contribution in [0.1, 0.15) is 5.56 Å². The van der Waals surface area contributed by atoms with Crippen LogP contribution in [0.3, 0.4) is 0 Å². The zero-order chi connectivity index (χ0) is 14.0. The van der Waals surface area contributed by atoms with Gasteiger partial charge < -0.3 is 5.32 Å². The van der Waals surface area contributed by atoms with Crippen molar-refractivity contribution in [3.05, 3.63) is 60.2 Å². The van der Waals surface area contributed by atoms with E-state index < -0.39 is 0 Å². The molecule has 0 amide bonds. The van der Waals surface area contributed by atoms with Gasteiger partial charge in [0.25, 0.3) is 0 Å². The molecule has 2 aromatic rings. The number of halogens is 5. The summed E-state index contributed by atoms with van der Waals surface area (Å²) >= 11 is 16.1. The summed E-state index contributed by atoms with van der Waals surface area (Å²) in [6.45, 7) is 0.352. The van der Waals surface area contributed by atoms with Crippen LogP contribution in [0.25, 0.3) is 0 Å². The van der Waals surface area contributed by atoms with Gasteiger partial charge in [-0.2, -0.15) is 0 Å². The third-order valence-corrected chi connectivity index (χ3v) is 4.49. The van der Waals surface area contributed by atoms with Gasteiger partial charge in [-0.3, -0.25) is 0 Å².